The van der Waals surface area contributed by atoms with Gasteiger partial charge < -0.3 is 8.98 Å². The number of rotatable bonds is 4. The van der Waals surface area contributed by atoms with Crippen LogP contribution in [-0.2, 0) is 0 Å². The third-order valence-electron chi connectivity index (χ3n) is 9.87. The van der Waals surface area contributed by atoms with Crippen molar-refractivity contribution in [3.8, 4) is 39.9 Å². The minimum Gasteiger partial charge on any atom is -0.456 e. The fraction of sp³-hybridized carbons (Fsp3) is 0. The first-order chi connectivity index (χ1) is 25.3. The van der Waals surface area contributed by atoms with Crippen molar-refractivity contribution in [3.63, 3.8) is 0 Å². The molecule has 0 amide bonds. The second-order valence-electron chi connectivity index (χ2n) is 12.8. The zero-order chi connectivity index (χ0) is 33.5. The van der Waals surface area contributed by atoms with E-state index in [-0.39, 0.29) is 0 Å². The van der Waals surface area contributed by atoms with Gasteiger partial charge in [-0.2, -0.15) is 0 Å². The molecule has 0 aliphatic carbocycles. The topological polar surface area (TPSA) is 56.7 Å². The molecule has 0 aliphatic heterocycles. The number of nitrogens with zero attached hydrogens (tertiary/aromatic N) is 4. The maximum Gasteiger partial charge on any atom is 0.164 e. The van der Waals surface area contributed by atoms with Crippen molar-refractivity contribution in [1.82, 2.24) is 19.5 Å². The minimum atomic E-state index is 0.607. The summed E-state index contributed by atoms with van der Waals surface area (Å²) in [6, 6.07) is 54.8. The molecule has 0 bridgehead atoms. The van der Waals surface area contributed by atoms with E-state index in [1.165, 1.54) is 30.9 Å². The summed E-state index contributed by atoms with van der Waals surface area (Å²) in [6.45, 7) is 0. The maximum absolute atomic E-state index is 6.62. The molecular weight excluding hydrogens is 645 g/mol. The Morgan fingerprint density at radius 2 is 1.04 bits per heavy atom. The van der Waals surface area contributed by atoms with Gasteiger partial charge in [-0.25, -0.2) is 15.0 Å². The molecule has 11 aromatic rings. The van der Waals surface area contributed by atoms with E-state index in [0.29, 0.717) is 17.5 Å². The predicted molar refractivity (Wildman–Crippen MR) is 211 cm³/mol. The van der Waals surface area contributed by atoms with Gasteiger partial charge in [-0.1, -0.05) is 109 Å². The lowest BCUT2D eigenvalue weighted by atomic mass is 10.0. The molecule has 0 saturated carbocycles. The van der Waals surface area contributed by atoms with Crippen LogP contribution in [0.4, 0.5) is 0 Å². The molecule has 0 atom stereocenters. The van der Waals surface area contributed by atoms with E-state index in [4.69, 9.17) is 19.4 Å². The molecule has 5 nitrogen and oxygen atoms in total. The quantitative estimate of drug-likeness (QED) is 0.187. The standard InChI is InChI=1S/C45H26N4OS/c1-2-12-27(13-3-1)43-46-44(48-45(47-43)34-18-11-23-40-42(34)32-16-6-9-22-39(32)51-40)33-17-10-21-37-41(33)31-25-24-28(26-38(31)50-37)49-35-19-7-4-14-29(35)30-15-5-8-20-36(30)49/h1-26H. The van der Waals surface area contributed by atoms with Gasteiger partial charge in [-0.3, -0.25) is 0 Å². The van der Waals surface area contributed by atoms with Crippen molar-refractivity contribution in [3.05, 3.63) is 158 Å². The van der Waals surface area contributed by atoms with Crippen LogP contribution in [0, 0.1) is 0 Å². The number of para-hydroxylation sites is 2. The second kappa shape index (κ2) is 10.9. The third-order valence-corrected chi connectivity index (χ3v) is 11.0. The Hall–Kier alpha value is -6.63. The minimum absolute atomic E-state index is 0.607. The van der Waals surface area contributed by atoms with Gasteiger partial charge in [0.1, 0.15) is 11.2 Å². The highest BCUT2D eigenvalue weighted by atomic mass is 32.1. The number of thiophene rings is 1. The molecule has 4 heterocycles. The fourth-order valence-corrected chi connectivity index (χ4v) is 8.77. The summed E-state index contributed by atoms with van der Waals surface area (Å²) in [5, 5.41) is 6.82. The molecule has 6 heteroatoms. The first kappa shape index (κ1) is 28.2. The number of hydrogen-bond donors (Lipinski definition) is 0. The number of furan rings is 1. The zero-order valence-corrected chi connectivity index (χ0v) is 27.9. The molecule has 238 valence electrons. The Labute approximate surface area is 295 Å². The summed E-state index contributed by atoms with van der Waals surface area (Å²) in [7, 11) is 0. The van der Waals surface area contributed by atoms with Crippen LogP contribution in [0.25, 0.3) is 104 Å². The van der Waals surface area contributed by atoms with Crippen LogP contribution in [-0.4, -0.2) is 19.5 Å². The van der Waals surface area contributed by atoms with Crippen molar-refractivity contribution < 1.29 is 4.42 Å². The molecule has 0 saturated heterocycles. The Kier molecular flexibility index (Phi) is 6.05. The Morgan fingerprint density at radius 3 is 1.80 bits per heavy atom. The molecule has 7 aromatic carbocycles. The Balaban J connectivity index is 1.14. The van der Waals surface area contributed by atoms with Gasteiger partial charge in [0.05, 0.1) is 11.0 Å². The first-order valence-corrected chi connectivity index (χ1v) is 17.8. The summed E-state index contributed by atoms with van der Waals surface area (Å²) in [5.74, 6) is 1.88. The van der Waals surface area contributed by atoms with Crippen LogP contribution in [0.3, 0.4) is 0 Å². The number of hydrogen-bond acceptors (Lipinski definition) is 5. The van der Waals surface area contributed by atoms with Crippen LogP contribution in [0.5, 0.6) is 0 Å². The van der Waals surface area contributed by atoms with Gasteiger partial charge in [0.15, 0.2) is 17.5 Å². The van der Waals surface area contributed by atoms with Gasteiger partial charge in [-0.05, 0) is 42.5 Å². The lowest BCUT2D eigenvalue weighted by molar-refractivity contribution is 0.668. The van der Waals surface area contributed by atoms with Crippen molar-refractivity contribution in [2.45, 2.75) is 0 Å². The van der Waals surface area contributed by atoms with E-state index >= 15 is 0 Å². The highest BCUT2D eigenvalue weighted by molar-refractivity contribution is 7.25. The van der Waals surface area contributed by atoms with E-state index < -0.39 is 0 Å². The molecule has 11 rings (SSSR count). The maximum atomic E-state index is 6.62. The van der Waals surface area contributed by atoms with Crippen molar-refractivity contribution in [2.24, 2.45) is 0 Å². The van der Waals surface area contributed by atoms with Gasteiger partial charge in [0.25, 0.3) is 0 Å². The summed E-state index contributed by atoms with van der Waals surface area (Å²) < 4.78 is 11.4. The molecule has 0 spiro atoms. The van der Waals surface area contributed by atoms with E-state index in [2.05, 4.69) is 120 Å². The van der Waals surface area contributed by atoms with Gasteiger partial charge in [0.2, 0.25) is 0 Å². The van der Waals surface area contributed by atoms with Crippen molar-refractivity contribution >= 4 is 75.3 Å². The van der Waals surface area contributed by atoms with Crippen LogP contribution in [0.15, 0.2) is 162 Å². The normalized spacial score (nSPS) is 11.9. The van der Waals surface area contributed by atoms with E-state index in [0.717, 1.165) is 55.3 Å². The third kappa shape index (κ3) is 4.30. The summed E-state index contributed by atoms with van der Waals surface area (Å²) in [4.78, 5) is 15.5. The Bertz CT molecular complexity index is 3100. The van der Waals surface area contributed by atoms with Crippen molar-refractivity contribution in [1.29, 1.82) is 0 Å². The summed E-state index contributed by atoms with van der Waals surface area (Å²) in [6.07, 6.45) is 0. The molecule has 4 aromatic heterocycles. The zero-order valence-electron chi connectivity index (χ0n) is 27.1. The van der Waals surface area contributed by atoms with Gasteiger partial charge in [0, 0.05) is 70.2 Å². The molecule has 0 aliphatic rings. The molecule has 51 heavy (non-hydrogen) atoms. The largest absolute Gasteiger partial charge is 0.456 e. The average Bonchev–Trinajstić information content (AvgIpc) is 3.87. The van der Waals surface area contributed by atoms with Crippen LogP contribution < -0.4 is 0 Å². The molecule has 0 radical (unpaired) electrons. The van der Waals surface area contributed by atoms with Crippen LogP contribution >= 0.6 is 11.3 Å². The van der Waals surface area contributed by atoms with E-state index in [1.54, 1.807) is 11.3 Å². The van der Waals surface area contributed by atoms with Crippen LogP contribution in [0.1, 0.15) is 0 Å². The van der Waals surface area contributed by atoms with E-state index in [9.17, 15) is 0 Å². The molecular formula is C45H26N4OS. The summed E-state index contributed by atoms with van der Waals surface area (Å²) in [5.41, 5.74) is 7.80. The van der Waals surface area contributed by atoms with Crippen molar-refractivity contribution in [2.75, 3.05) is 0 Å². The molecule has 0 fully saturated rings. The monoisotopic (exact) mass is 670 g/mol. The highest BCUT2D eigenvalue weighted by Gasteiger charge is 2.21. The van der Waals surface area contributed by atoms with Gasteiger partial charge >= 0.3 is 0 Å². The number of benzene rings is 7. The average molecular weight is 671 g/mol. The van der Waals surface area contributed by atoms with E-state index in [1.807, 2.05) is 42.5 Å². The first-order valence-electron chi connectivity index (χ1n) is 16.9. The molecule has 0 unspecified atom stereocenters. The highest BCUT2D eigenvalue weighted by Crippen LogP contribution is 2.42. The smallest absolute Gasteiger partial charge is 0.164 e. The van der Waals surface area contributed by atoms with Crippen LogP contribution in [0.2, 0.25) is 0 Å². The number of aromatic nitrogens is 4. The predicted octanol–water partition coefficient (Wildman–Crippen LogP) is 12.2. The second-order valence-corrected chi connectivity index (χ2v) is 13.9. The molecule has 0 N–H and O–H groups in total. The lowest BCUT2D eigenvalue weighted by Crippen LogP contribution is -2.00. The lowest BCUT2D eigenvalue weighted by Gasteiger charge is -2.10. The number of fused-ring (bicyclic) bond motifs is 9. The summed E-state index contributed by atoms with van der Waals surface area (Å²) >= 11 is 1.79. The Morgan fingerprint density at radius 1 is 0.431 bits per heavy atom. The SMILES string of the molecule is c1ccc(-c2nc(-c3cccc4oc5cc(-n6c7ccccc7c7ccccc76)ccc5c34)nc(-c3cccc4sc5ccccc5c34)n2)cc1. The van der Waals surface area contributed by atoms with Gasteiger partial charge in [-0.15, -0.1) is 11.3 Å². The fourth-order valence-electron chi connectivity index (χ4n) is 7.63.